The van der Waals surface area contributed by atoms with Gasteiger partial charge < -0.3 is 19.5 Å². The van der Waals surface area contributed by atoms with Gasteiger partial charge in [0.25, 0.3) is 0 Å². The molecule has 0 unspecified atom stereocenters. The predicted octanol–water partition coefficient (Wildman–Crippen LogP) is 7.73. The minimum Gasteiger partial charge on any atom is -0.497 e. The Morgan fingerprint density at radius 3 is 2.12 bits per heavy atom. The van der Waals surface area contributed by atoms with Crippen molar-refractivity contribution in [3.8, 4) is 5.75 Å². The predicted molar refractivity (Wildman–Crippen MR) is 178 cm³/mol. The van der Waals surface area contributed by atoms with Crippen LogP contribution in [0.15, 0.2) is 54.6 Å². The number of aliphatic hydroxyl groups is 1. The Labute approximate surface area is 259 Å². The largest absolute Gasteiger partial charge is 0.497 e. The number of carbonyl (C=O) groups excluding carboxylic acids is 1. The van der Waals surface area contributed by atoms with Crippen molar-refractivity contribution in [1.82, 2.24) is 14.7 Å². The molecule has 1 heterocycles. The third-order valence-electron chi connectivity index (χ3n) is 8.35. The first-order valence-electron chi connectivity index (χ1n) is 14.9. The van der Waals surface area contributed by atoms with Gasteiger partial charge in [-0.3, -0.25) is 9.48 Å². The molecule has 0 bridgehead atoms. The van der Waals surface area contributed by atoms with E-state index in [4.69, 9.17) is 9.47 Å². The number of carbonyl (C=O) groups is 1. The molecule has 1 atom stereocenters. The summed E-state index contributed by atoms with van der Waals surface area (Å²) in [5, 5.41) is 15.3. The van der Waals surface area contributed by atoms with Crippen LogP contribution in [0.2, 0.25) is 0 Å². The van der Waals surface area contributed by atoms with Crippen molar-refractivity contribution in [2.24, 2.45) is 7.05 Å². The number of ether oxygens (including phenoxy) is 2. The highest BCUT2D eigenvalue weighted by atomic mass is 16.5. The molecule has 2 aromatic carbocycles. The number of hydrogen-bond acceptors (Lipinski definition) is 5. The summed E-state index contributed by atoms with van der Waals surface area (Å²) in [6, 6.07) is 12.3. The highest BCUT2D eigenvalue weighted by molar-refractivity contribution is 5.97. The quantitative estimate of drug-likeness (QED) is 0.258. The molecule has 236 valence electrons. The Balaban J connectivity index is 0.000000240. The Morgan fingerprint density at radius 1 is 1.12 bits per heavy atom. The van der Waals surface area contributed by atoms with E-state index in [1.807, 2.05) is 68.6 Å². The van der Waals surface area contributed by atoms with Gasteiger partial charge in [-0.2, -0.15) is 5.10 Å². The van der Waals surface area contributed by atoms with Crippen molar-refractivity contribution in [2.45, 2.75) is 92.4 Å². The van der Waals surface area contributed by atoms with Crippen molar-refractivity contribution in [2.75, 3.05) is 20.8 Å². The summed E-state index contributed by atoms with van der Waals surface area (Å²) >= 11 is 0. The average Bonchev–Trinajstić information content (AvgIpc) is 3.73. The minimum absolute atomic E-state index is 0.0581. The van der Waals surface area contributed by atoms with E-state index in [0.717, 1.165) is 35.2 Å². The molecule has 1 aliphatic rings. The standard InChI is InChI=1S/C16H23NO2.C13H14N2.C7H16O2/c1-12(2)10-11-17(14(4)18)13(3)15-6-8-16(19-5)9-7-15;1-8-6-11(10-4-5-10)13-9(2)15(3)14-12(13)7-8;1-6(2,8)7(3,4)9-5/h6-9,13H,1,10-11H2,2-5H3;4,6-7H,5H2,1-3H3;8H,1-5H3/t13-;;/m0../s1. The summed E-state index contributed by atoms with van der Waals surface area (Å²) in [6.07, 6.45) is 4.26. The molecule has 1 amide bonds. The molecular formula is C36H53N3O4. The molecule has 0 saturated heterocycles. The van der Waals surface area contributed by atoms with Crippen LogP contribution in [-0.2, 0) is 16.6 Å². The Hall–Kier alpha value is -3.42. The summed E-state index contributed by atoms with van der Waals surface area (Å²) in [4.78, 5) is 13.6. The highest BCUT2D eigenvalue weighted by Crippen LogP contribution is 2.37. The molecule has 0 radical (unpaired) electrons. The molecule has 43 heavy (non-hydrogen) atoms. The van der Waals surface area contributed by atoms with Gasteiger partial charge >= 0.3 is 0 Å². The number of rotatable bonds is 9. The smallest absolute Gasteiger partial charge is 0.219 e. The number of nitrogens with zero attached hydrogens (tertiary/aromatic N) is 3. The summed E-state index contributed by atoms with van der Waals surface area (Å²) in [6.45, 7) is 21.7. The van der Waals surface area contributed by atoms with Crippen molar-refractivity contribution in [3.05, 3.63) is 77.0 Å². The zero-order valence-corrected chi connectivity index (χ0v) is 28.5. The van der Waals surface area contributed by atoms with E-state index in [-0.39, 0.29) is 11.9 Å². The molecule has 1 N–H and O–H groups in total. The number of allylic oxidation sites excluding steroid dienone is 2. The van der Waals surface area contributed by atoms with Gasteiger partial charge in [0.15, 0.2) is 0 Å². The van der Waals surface area contributed by atoms with Crippen LogP contribution in [0.1, 0.15) is 89.7 Å². The molecule has 0 fully saturated rings. The lowest BCUT2D eigenvalue weighted by molar-refractivity contribution is -0.130. The Bertz CT molecular complexity index is 1430. The molecule has 4 rings (SSSR count). The molecule has 3 aromatic rings. The average molecular weight is 592 g/mol. The first-order valence-corrected chi connectivity index (χ1v) is 14.9. The lowest BCUT2D eigenvalue weighted by Crippen LogP contribution is -2.46. The normalized spacial score (nSPS) is 13.2. The number of methoxy groups -OCH3 is 2. The molecule has 7 heteroatoms. The van der Waals surface area contributed by atoms with E-state index in [1.165, 1.54) is 27.8 Å². The van der Waals surface area contributed by atoms with Crippen molar-refractivity contribution < 1.29 is 19.4 Å². The first-order chi connectivity index (χ1) is 19.9. The van der Waals surface area contributed by atoms with Crippen LogP contribution < -0.4 is 4.74 Å². The Morgan fingerprint density at radius 2 is 1.70 bits per heavy atom. The molecule has 0 spiro atoms. The lowest BCUT2D eigenvalue weighted by Gasteiger charge is -2.35. The summed E-state index contributed by atoms with van der Waals surface area (Å²) in [5.41, 5.74) is 7.49. The van der Waals surface area contributed by atoms with Gasteiger partial charge in [0.1, 0.15) is 5.75 Å². The van der Waals surface area contributed by atoms with Gasteiger partial charge in [0.2, 0.25) is 5.91 Å². The van der Waals surface area contributed by atoms with Crippen LogP contribution in [0.5, 0.6) is 5.75 Å². The molecule has 7 nitrogen and oxygen atoms in total. The van der Waals surface area contributed by atoms with Gasteiger partial charge in [0, 0.05) is 38.7 Å². The second-order valence-electron chi connectivity index (χ2n) is 12.5. The van der Waals surface area contributed by atoms with Gasteiger partial charge in [-0.05, 0) is 109 Å². The number of aromatic nitrogens is 2. The van der Waals surface area contributed by atoms with Crippen LogP contribution in [0.25, 0.3) is 16.5 Å². The lowest BCUT2D eigenvalue weighted by atomic mass is 9.90. The van der Waals surface area contributed by atoms with E-state index in [2.05, 4.69) is 43.7 Å². The molecule has 0 aliphatic heterocycles. The Kier molecular flexibility index (Phi) is 12.4. The maximum absolute atomic E-state index is 11.8. The third-order valence-corrected chi connectivity index (χ3v) is 8.35. The van der Waals surface area contributed by atoms with Crippen molar-refractivity contribution >= 4 is 22.4 Å². The number of benzene rings is 2. The molecule has 1 aliphatic carbocycles. The van der Waals surface area contributed by atoms with Gasteiger partial charge in [-0.15, -0.1) is 6.58 Å². The maximum atomic E-state index is 11.8. The molecule has 1 aromatic heterocycles. The van der Waals surface area contributed by atoms with Gasteiger partial charge in [-0.1, -0.05) is 29.8 Å². The van der Waals surface area contributed by atoms with Crippen LogP contribution in [-0.4, -0.2) is 57.7 Å². The van der Waals surface area contributed by atoms with E-state index in [9.17, 15) is 9.90 Å². The molecular weight excluding hydrogens is 538 g/mol. The number of hydrogen-bond donors (Lipinski definition) is 1. The van der Waals surface area contributed by atoms with Gasteiger partial charge in [0.05, 0.1) is 29.9 Å². The number of amides is 1. The van der Waals surface area contributed by atoms with E-state index in [1.54, 1.807) is 35.0 Å². The second kappa shape index (κ2) is 14.8. The van der Waals surface area contributed by atoms with E-state index >= 15 is 0 Å². The monoisotopic (exact) mass is 591 g/mol. The van der Waals surface area contributed by atoms with Gasteiger partial charge in [-0.25, -0.2) is 0 Å². The zero-order valence-electron chi connectivity index (χ0n) is 28.5. The fourth-order valence-electron chi connectivity index (χ4n) is 4.40. The number of fused-ring (bicyclic) bond motifs is 1. The molecule has 0 saturated carbocycles. The van der Waals surface area contributed by atoms with Crippen molar-refractivity contribution in [1.29, 1.82) is 0 Å². The zero-order chi connectivity index (χ0) is 32.7. The maximum Gasteiger partial charge on any atom is 0.219 e. The third kappa shape index (κ3) is 9.80. The first kappa shape index (κ1) is 35.8. The minimum atomic E-state index is -0.776. The summed E-state index contributed by atoms with van der Waals surface area (Å²) in [5.74, 6) is 0.914. The fraction of sp³-hybridized carbons (Fsp3) is 0.500. The van der Waals surface area contributed by atoms with E-state index in [0.29, 0.717) is 6.54 Å². The highest BCUT2D eigenvalue weighted by Gasteiger charge is 2.34. The topological polar surface area (TPSA) is 76.8 Å². The van der Waals surface area contributed by atoms with E-state index < -0.39 is 11.2 Å². The SMILES string of the molecule is C=C(C)CCN(C(C)=O)[C@@H](C)c1ccc(OC)cc1.COC(C)(C)C(C)(C)O.Cc1cc(C2=CC2)c2c(C)n(C)nc2c1. The van der Waals surface area contributed by atoms with Crippen molar-refractivity contribution in [3.63, 3.8) is 0 Å². The second-order valence-corrected chi connectivity index (χ2v) is 12.5. The number of aryl methyl sites for hydroxylation is 3. The van der Waals surface area contributed by atoms with Crippen LogP contribution in [0.4, 0.5) is 0 Å². The van der Waals surface area contributed by atoms with Crippen LogP contribution in [0.3, 0.4) is 0 Å². The van der Waals surface area contributed by atoms with Crippen LogP contribution >= 0.6 is 0 Å². The fourth-order valence-corrected chi connectivity index (χ4v) is 4.40. The summed E-state index contributed by atoms with van der Waals surface area (Å²) in [7, 11) is 5.25. The van der Waals surface area contributed by atoms with Crippen LogP contribution in [0, 0.1) is 13.8 Å². The summed E-state index contributed by atoms with van der Waals surface area (Å²) < 4.78 is 12.2.